The van der Waals surface area contributed by atoms with Crippen LogP contribution >= 0.6 is 0 Å². The minimum absolute atomic E-state index is 1.05. The van der Waals surface area contributed by atoms with Crippen molar-refractivity contribution in [1.29, 1.82) is 0 Å². The van der Waals surface area contributed by atoms with Gasteiger partial charge in [0, 0.05) is 11.1 Å². The SMILES string of the molecule is C(#Cc1ccccc1)c1ccccc1.C(=C\c1ccccc1)/c1ccccc1.c1ccc(-c2ccc(-c3ccccc3)cc2)cc1.c1ccc(-c2ccc3ccccc3c2)cc1.c1ccc(-c2ccccc2)cc1.c1ccc2cc3ccccc3cc2c1.c1ccc2ccccc2c1.c1ccccc1. The molecular weight excluding hydrogens is 1250 g/mol. The van der Waals surface area contributed by atoms with Gasteiger partial charge in [0.2, 0.25) is 0 Å². The second-order valence-electron chi connectivity index (χ2n) is 24.2. The average Bonchev–Trinajstić information content (AvgIpc) is 0.798. The molecule has 18 aromatic carbocycles. The molecule has 0 saturated heterocycles. The van der Waals surface area contributed by atoms with Crippen LogP contribution in [0.5, 0.6) is 0 Å². The Bertz CT molecular complexity index is 5090. The van der Waals surface area contributed by atoms with Gasteiger partial charge in [-0.25, -0.2) is 0 Å². The molecule has 104 heavy (non-hydrogen) atoms. The van der Waals surface area contributed by atoms with Crippen LogP contribution in [0.3, 0.4) is 0 Å². The molecule has 0 unspecified atom stereocenters. The number of fused-ring (bicyclic) bond motifs is 4. The van der Waals surface area contributed by atoms with Crippen LogP contribution in [-0.4, -0.2) is 0 Å². The predicted molar refractivity (Wildman–Crippen MR) is 451 cm³/mol. The van der Waals surface area contributed by atoms with Gasteiger partial charge in [-0.3, -0.25) is 0 Å². The standard InChI is InChI=1S/C18H14.C16H12.C14H10.C14H12.C14H10.C12H10.C10H8.C6H6/c1-3-7-15(8-4-1)17-11-13-18(14-12-17)16-9-5-2-6-10-16;1-2-6-13(7-3-1)16-11-10-14-8-4-5-9-15(14)12-16;1-2-6-12-10-14-8-4-3-7-13(14)9-11(12)5-1;2*1-3-7-13(8-4-1)11-12-14-9-5-2-6-10-14;1-3-7-11(8-4-1)12-9-5-2-6-10-12;1-2-6-10-8-4-3-7-9(10)5-1;1-2-4-6-5-3-1/h1-14H;1-12H;1-10H;1-12H;1-10H;1-10H;1-8H;1-6H/b;;;12-11+;;;;. The van der Waals surface area contributed by atoms with Crippen molar-refractivity contribution in [1.82, 2.24) is 0 Å². The van der Waals surface area contributed by atoms with Gasteiger partial charge in [0.25, 0.3) is 0 Å². The lowest BCUT2D eigenvalue weighted by Crippen LogP contribution is -1.79. The highest BCUT2D eigenvalue weighted by atomic mass is 14.1. The number of benzene rings is 18. The summed E-state index contributed by atoms with van der Waals surface area (Å²) in [5.41, 5.74) is 14.7. The van der Waals surface area contributed by atoms with E-state index >= 15 is 0 Å². The Labute approximate surface area is 615 Å². The van der Waals surface area contributed by atoms with Crippen LogP contribution in [0.15, 0.2) is 485 Å². The fraction of sp³-hybridized carbons (Fsp3) is 0. The summed E-state index contributed by atoms with van der Waals surface area (Å²) in [5.74, 6) is 6.22. The van der Waals surface area contributed by atoms with Crippen LogP contribution < -0.4 is 0 Å². The maximum Gasteiger partial charge on any atom is 0.0249 e. The van der Waals surface area contributed by atoms with Crippen molar-refractivity contribution in [3.05, 3.63) is 508 Å². The first-order chi connectivity index (χ1) is 51.6. The van der Waals surface area contributed by atoms with Crippen molar-refractivity contribution in [2.75, 3.05) is 0 Å². The molecule has 0 nitrogen and oxygen atoms in total. The zero-order valence-corrected chi connectivity index (χ0v) is 58.3. The molecule has 0 bridgehead atoms. The van der Waals surface area contributed by atoms with E-state index in [1.165, 1.54) is 98.7 Å². The Morgan fingerprint density at radius 3 is 0.567 bits per heavy atom. The molecule has 0 spiro atoms. The molecule has 0 heterocycles. The van der Waals surface area contributed by atoms with Crippen LogP contribution in [0, 0.1) is 11.8 Å². The van der Waals surface area contributed by atoms with E-state index in [0.29, 0.717) is 0 Å². The summed E-state index contributed by atoms with van der Waals surface area (Å²) in [6.07, 6.45) is 4.24. The van der Waals surface area contributed by atoms with Crippen molar-refractivity contribution < 1.29 is 0 Å². The third-order valence-corrected chi connectivity index (χ3v) is 16.7. The zero-order valence-electron chi connectivity index (χ0n) is 58.3. The summed E-state index contributed by atoms with van der Waals surface area (Å²) >= 11 is 0. The van der Waals surface area contributed by atoms with E-state index < -0.39 is 0 Å². The Morgan fingerprint density at radius 1 is 0.125 bits per heavy atom. The van der Waals surface area contributed by atoms with Crippen molar-refractivity contribution in [2.45, 2.75) is 0 Å². The molecule has 0 atom stereocenters. The molecule has 0 aliphatic heterocycles. The van der Waals surface area contributed by atoms with Crippen LogP contribution in [0.1, 0.15) is 22.3 Å². The van der Waals surface area contributed by atoms with Crippen molar-refractivity contribution in [3.63, 3.8) is 0 Å². The summed E-state index contributed by atoms with van der Waals surface area (Å²) in [6.45, 7) is 0. The predicted octanol–water partition coefficient (Wildman–Crippen LogP) is 28.3. The number of hydrogen-bond acceptors (Lipinski definition) is 0. The molecule has 0 radical (unpaired) electrons. The summed E-state index contributed by atoms with van der Waals surface area (Å²) in [4.78, 5) is 0. The first-order valence-corrected chi connectivity index (χ1v) is 35.2. The lowest BCUT2D eigenvalue weighted by atomic mass is 10.0. The topological polar surface area (TPSA) is 0 Å². The van der Waals surface area contributed by atoms with Gasteiger partial charge in [0.1, 0.15) is 0 Å². The minimum Gasteiger partial charge on any atom is -0.0623 e. The second kappa shape index (κ2) is 41.0. The van der Waals surface area contributed by atoms with Crippen LogP contribution in [0.2, 0.25) is 0 Å². The fourth-order valence-corrected chi connectivity index (χ4v) is 11.3. The molecule has 0 N–H and O–H groups in total. The van der Waals surface area contributed by atoms with Crippen LogP contribution in [0.4, 0.5) is 0 Å². The van der Waals surface area contributed by atoms with Gasteiger partial charge in [-0.1, -0.05) is 467 Å². The van der Waals surface area contributed by atoms with Crippen LogP contribution in [0.25, 0.3) is 99.7 Å². The van der Waals surface area contributed by atoms with E-state index in [9.17, 15) is 0 Å². The highest BCUT2D eigenvalue weighted by molar-refractivity contribution is 5.98. The maximum atomic E-state index is 3.11. The van der Waals surface area contributed by atoms with E-state index in [2.05, 4.69) is 346 Å². The molecular formula is C104H82. The van der Waals surface area contributed by atoms with Gasteiger partial charge < -0.3 is 0 Å². The van der Waals surface area contributed by atoms with Gasteiger partial charge in [-0.15, -0.1) is 0 Å². The Kier molecular flexibility index (Phi) is 28.2. The molecule has 0 aliphatic carbocycles. The van der Waals surface area contributed by atoms with E-state index in [1.54, 1.807) is 0 Å². The third kappa shape index (κ3) is 23.8. The largest absolute Gasteiger partial charge is 0.0623 e. The Hall–Kier alpha value is -13.7. The smallest absolute Gasteiger partial charge is 0.0249 e. The average molecular weight is 1330 g/mol. The van der Waals surface area contributed by atoms with Crippen molar-refractivity contribution >= 4 is 55.2 Å². The van der Waals surface area contributed by atoms with E-state index in [1.807, 2.05) is 164 Å². The summed E-state index contributed by atoms with van der Waals surface area (Å²) in [5, 5.41) is 10.5. The maximum absolute atomic E-state index is 3.11. The lowest BCUT2D eigenvalue weighted by molar-refractivity contribution is 1.59. The first kappa shape index (κ1) is 71.6. The quantitative estimate of drug-likeness (QED) is 0.0884. The number of hydrogen-bond donors (Lipinski definition) is 0. The van der Waals surface area contributed by atoms with E-state index in [0.717, 1.165) is 11.1 Å². The minimum atomic E-state index is 1.05. The monoisotopic (exact) mass is 1330 g/mol. The fourth-order valence-electron chi connectivity index (χ4n) is 11.3. The first-order valence-electron chi connectivity index (χ1n) is 35.2. The molecule has 18 rings (SSSR count). The molecule has 0 fully saturated rings. The van der Waals surface area contributed by atoms with E-state index in [-0.39, 0.29) is 0 Å². The third-order valence-electron chi connectivity index (χ3n) is 16.7. The molecule has 0 heteroatoms. The Morgan fingerprint density at radius 2 is 0.298 bits per heavy atom. The van der Waals surface area contributed by atoms with Crippen molar-refractivity contribution in [2.24, 2.45) is 0 Å². The van der Waals surface area contributed by atoms with Crippen molar-refractivity contribution in [3.8, 4) is 56.3 Å². The summed E-state index contributed by atoms with van der Waals surface area (Å²) in [7, 11) is 0. The van der Waals surface area contributed by atoms with Gasteiger partial charge in [-0.2, -0.15) is 0 Å². The molecule has 0 saturated carbocycles. The summed E-state index contributed by atoms with van der Waals surface area (Å²) < 4.78 is 0. The van der Waals surface area contributed by atoms with E-state index in [4.69, 9.17) is 0 Å². The lowest BCUT2D eigenvalue weighted by Gasteiger charge is -2.04. The molecule has 0 aromatic heterocycles. The van der Waals surface area contributed by atoms with Gasteiger partial charge in [0.05, 0.1) is 0 Å². The highest BCUT2D eigenvalue weighted by Crippen LogP contribution is 2.27. The molecule has 0 amide bonds. The molecule has 0 aliphatic rings. The highest BCUT2D eigenvalue weighted by Gasteiger charge is 2.02. The summed E-state index contributed by atoms with van der Waals surface area (Å²) in [6, 6.07) is 167. The van der Waals surface area contributed by atoms with Gasteiger partial charge >= 0.3 is 0 Å². The second-order valence-corrected chi connectivity index (χ2v) is 24.2. The zero-order chi connectivity index (χ0) is 70.9. The Balaban J connectivity index is 0.000000120. The van der Waals surface area contributed by atoms with Crippen LogP contribution in [-0.2, 0) is 0 Å². The molecule has 498 valence electrons. The normalized spacial score (nSPS) is 10.0. The van der Waals surface area contributed by atoms with Gasteiger partial charge in [0.15, 0.2) is 0 Å². The molecule has 18 aromatic rings. The van der Waals surface area contributed by atoms with Gasteiger partial charge in [-0.05, 0) is 141 Å². The number of rotatable bonds is 6.